The first kappa shape index (κ1) is 7.06. The van der Waals surface area contributed by atoms with E-state index >= 15 is 0 Å². The molecule has 2 heteroatoms. The lowest BCUT2D eigenvalue weighted by Crippen LogP contribution is -1.94. The Kier molecular flexibility index (Phi) is 1.90. The highest BCUT2D eigenvalue weighted by Crippen LogP contribution is 2.11. The van der Waals surface area contributed by atoms with E-state index in [0.717, 1.165) is 11.4 Å². The molecule has 1 heterocycles. The van der Waals surface area contributed by atoms with E-state index < -0.39 is 0 Å². The van der Waals surface area contributed by atoms with Gasteiger partial charge in [-0.15, -0.1) is 0 Å². The first-order valence-electron chi connectivity index (χ1n) is 3.35. The van der Waals surface area contributed by atoms with Crippen LogP contribution in [0.2, 0.25) is 0 Å². The molecule has 1 aromatic rings. The van der Waals surface area contributed by atoms with Gasteiger partial charge in [0.25, 0.3) is 0 Å². The van der Waals surface area contributed by atoms with Crippen LogP contribution in [0.3, 0.4) is 0 Å². The van der Waals surface area contributed by atoms with Crippen molar-refractivity contribution in [3.05, 3.63) is 23.5 Å². The van der Waals surface area contributed by atoms with Gasteiger partial charge in [0.2, 0.25) is 0 Å². The van der Waals surface area contributed by atoms with E-state index in [4.69, 9.17) is 0 Å². The number of hydrogen-bond donors (Lipinski definition) is 1. The molecule has 1 aromatic heterocycles. The van der Waals surface area contributed by atoms with Gasteiger partial charge < -0.3 is 5.32 Å². The van der Waals surface area contributed by atoms with Crippen molar-refractivity contribution in [2.24, 2.45) is 0 Å². The molecule has 0 aromatic carbocycles. The van der Waals surface area contributed by atoms with Crippen LogP contribution >= 0.6 is 0 Å². The summed E-state index contributed by atoms with van der Waals surface area (Å²) < 4.78 is 0. The molecule has 54 valence electrons. The van der Waals surface area contributed by atoms with Crippen LogP contribution in [0, 0.1) is 13.8 Å². The van der Waals surface area contributed by atoms with Gasteiger partial charge in [0.05, 0.1) is 11.4 Å². The van der Waals surface area contributed by atoms with Gasteiger partial charge in [0.1, 0.15) is 0 Å². The Morgan fingerprint density at radius 1 is 1.40 bits per heavy atom. The van der Waals surface area contributed by atoms with Crippen molar-refractivity contribution in [2.75, 3.05) is 12.4 Å². The summed E-state index contributed by atoms with van der Waals surface area (Å²) in [6, 6.07) is 2.09. The summed E-state index contributed by atoms with van der Waals surface area (Å²) in [6.07, 6.45) is 1.87. The van der Waals surface area contributed by atoms with E-state index in [0.29, 0.717) is 0 Å². The second kappa shape index (κ2) is 2.69. The zero-order chi connectivity index (χ0) is 7.56. The summed E-state index contributed by atoms with van der Waals surface area (Å²) >= 11 is 0. The van der Waals surface area contributed by atoms with Gasteiger partial charge in [-0.25, -0.2) is 0 Å². The van der Waals surface area contributed by atoms with Crippen molar-refractivity contribution in [3.8, 4) is 0 Å². The molecule has 0 aliphatic heterocycles. The van der Waals surface area contributed by atoms with Crippen LogP contribution in [0.25, 0.3) is 0 Å². The zero-order valence-electron chi connectivity index (χ0n) is 6.60. The molecule has 0 saturated carbocycles. The average molecular weight is 136 g/mol. The third-order valence-electron chi connectivity index (χ3n) is 1.49. The zero-order valence-corrected chi connectivity index (χ0v) is 6.60. The van der Waals surface area contributed by atoms with E-state index in [1.165, 1.54) is 5.56 Å². The third kappa shape index (κ3) is 1.26. The lowest BCUT2D eigenvalue weighted by molar-refractivity contribution is 1.16. The fraction of sp³-hybridized carbons (Fsp3) is 0.375. The van der Waals surface area contributed by atoms with E-state index in [9.17, 15) is 0 Å². The normalized spacial score (nSPS) is 9.50. The van der Waals surface area contributed by atoms with Gasteiger partial charge in [-0.3, -0.25) is 4.98 Å². The average Bonchev–Trinajstić information content (AvgIpc) is 1.94. The number of aromatic nitrogens is 1. The van der Waals surface area contributed by atoms with Crippen LogP contribution in [0.1, 0.15) is 11.3 Å². The SMILES string of the molecule is CNc1cc(C)cnc1C. The van der Waals surface area contributed by atoms with Gasteiger partial charge in [-0.1, -0.05) is 0 Å². The maximum atomic E-state index is 4.19. The van der Waals surface area contributed by atoms with Crippen molar-refractivity contribution in [1.29, 1.82) is 0 Å². The molecule has 1 rings (SSSR count). The number of pyridine rings is 1. The highest BCUT2D eigenvalue weighted by Gasteiger charge is 1.94. The summed E-state index contributed by atoms with van der Waals surface area (Å²) in [5.74, 6) is 0. The predicted octanol–water partition coefficient (Wildman–Crippen LogP) is 1.74. The highest BCUT2D eigenvalue weighted by molar-refractivity contribution is 5.47. The van der Waals surface area contributed by atoms with Crippen molar-refractivity contribution in [1.82, 2.24) is 4.98 Å². The molecule has 10 heavy (non-hydrogen) atoms. The van der Waals surface area contributed by atoms with E-state index in [2.05, 4.69) is 16.4 Å². The smallest absolute Gasteiger partial charge is 0.0603 e. The second-order valence-electron chi connectivity index (χ2n) is 2.40. The van der Waals surface area contributed by atoms with Crippen LogP contribution in [-0.4, -0.2) is 12.0 Å². The van der Waals surface area contributed by atoms with Crippen LogP contribution in [0.15, 0.2) is 12.3 Å². The Morgan fingerprint density at radius 3 is 2.60 bits per heavy atom. The predicted molar refractivity (Wildman–Crippen MR) is 43.3 cm³/mol. The number of nitrogens with one attached hydrogen (secondary N) is 1. The number of aryl methyl sites for hydroxylation is 2. The largest absolute Gasteiger partial charge is 0.387 e. The van der Waals surface area contributed by atoms with E-state index in [-0.39, 0.29) is 0 Å². The van der Waals surface area contributed by atoms with Gasteiger partial charge >= 0.3 is 0 Å². The Bertz CT molecular complexity index is 231. The summed E-state index contributed by atoms with van der Waals surface area (Å²) in [5, 5.41) is 3.07. The van der Waals surface area contributed by atoms with Gasteiger partial charge in [-0.05, 0) is 25.5 Å². The molecular formula is C8H12N2. The fourth-order valence-corrected chi connectivity index (χ4v) is 0.891. The van der Waals surface area contributed by atoms with E-state index in [1.807, 2.05) is 27.1 Å². The molecule has 0 aliphatic carbocycles. The lowest BCUT2D eigenvalue weighted by Gasteiger charge is -2.03. The first-order valence-corrected chi connectivity index (χ1v) is 3.35. The molecule has 1 N–H and O–H groups in total. The van der Waals surface area contributed by atoms with Gasteiger partial charge in [0, 0.05) is 13.2 Å². The summed E-state index contributed by atoms with van der Waals surface area (Å²) in [6.45, 7) is 4.03. The van der Waals surface area contributed by atoms with E-state index in [1.54, 1.807) is 0 Å². The monoisotopic (exact) mass is 136 g/mol. The van der Waals surface area contributed by atoms with Crippen molar-refractivity contribution >= 4 is 5.69 Å². The minimum Gasteiger partial charge on any atom is -0.387 e. The molecule has 0 aliphatic rings. The van der Waals surface area contributed by atoms with Crippen molar-refractivity contribution in [3.63, 3.8) is 0 Å². The molecule has 0 radical (unpaired) electrons. The topological polar surface area (TPSA) is 24.9 Å². The standard InChI is InChI=1S/C8H12N2/c1-6-4-8(9-3)7(2)10-5-6/h4-5,9H,1-3H3. The minimum atomic E-state index is 1.05. The highest BCUT2D eigenvalue weighted by atomic mass is 14.9. The second-order valence-corrected chi connectivity index (χ2v) is 2.40. The van der Waals surface area contributed by atoms with Crippen LogP contribution in [0.5, 0.6) is 0 Å². The summed E-state index contributed by atoms with van der Waals surface area (Å²) in [4.78, 5) is 4.19. The molecule has 0 fully saturated rings. The maximum absolute atomic E-state index is 4.19. The Morgan fingerprint density at radius 2 is 2.10 bits per heavy atom. The molecule has 0 atom stereocenters. The van der Waals surface area contributed by atoms with Crippen LogP contribution < -0.4 is 5.32 Å². The fourth-order valence-electron chi connectivity index (χ4n) is 0.891. The maximum Gasteiger partial charge on any atom is 0.0603 e. The molecule has 2 nitrogen and oxygen atoms in total. The summed E-state index contributed by atoms with van der Waals surface area (Å²) in [7, 11) is 1.91. The number of anilines is 1. The van der Waals surface area contributed by atoms with Crippen molar-refractivity contribution in [2.45, 2.75) is 13.8 Å². The number of nitrogens with zero attached hydrogens (tertiary/aromatic N) is 1. The third-order valence-corrected chi connectivity index (χ3v) is 1.49. The number of hydrogen-bond acceptors (Lipinski definition) is 2. The lowest BCUT2D eigenvalue weighted by atomic mass is 10.2. The molecule has 0 bridgehead atoms. The van der Waals surface area contributed by atoms with Crippen molar-refractivity contribution < 1.29 is 0 Å². The summed E-state index contributed by atoms with van der Waals surface area (Å²) in [5.41, 5.74) is 3.35. The Labute approximate surface area is 61.3 Å². The Hall–Kier alpha value is -1.05. The number of rotatable bonds is 1. The Balaban J connectivity index is 3.09. The quantitative estimate of drug-likeness (QED) is 0.636. The molecule has 0 spiro atoms. The van der Waals surface area contributed by atoms with Crippen LogP contribution in [0.4, 0.5) is 5.69 Å². The van der Waals surface area contributed by atoms with Crippen LogP contribution in [-0.2, 0) is 0 Å². The molecule has 0 saturated heterocycles. The minimum absolute atomic E-state index is 1.05. The van der Waals surface area contributed by atoms with Gasteiger partial charge in [0.15, 0.2) is 0 Å². The molecule has 0 unspecified atom stereocenters. The first-order chi connectivity index (χ1) is 4.74. The molecular weight excluding hydrogens is 124 g/mol. The molecule has 0 amide bonds. The van der Waals surface area contributed by atoms with Gasteiger partial charge in [-0.2, -0.15) is 0 Å².